The lowest BCUT2D eigenvalue weighted by Crippen LogP contribution is -2.38. The van der Waals surface area contributed by atoms with Crippen molar-refractivity contribution in [1.82, 2.24) is 14.7 Å². The molecule has 3 aromatic rings. The van der Waals surface area contributed by atoms with E-state index in [1.165, 1.54) is 24.3 Å². The number of carbonyl (C=O) groups excluding carboxylic acids is 1. The van der Waals surface area contributed by atoms with Gasteiger partial charge in [-0.25, -0.2) is 13.5 Å². The minimum absolute atomic E-state index is 0.0999. The van der Waals surface area contributed by atoms with Gasteiger partial charge in [0, 0.05) is 18.7 Å². The number of carbonyl (C=O) groups is 1. The van der Waals surface area contributed by atoms with E-state index in [0.29, 0.717) is 41.6 Å². The van der Waals surface area contributed by atoms with Gasteiger partial charge in [-0.3, -0.25) is 4.79 Å². The van der Waals surface area contributed by atoms with Crippen molar-refractivity contribution in [2.24, 2.45) is 5.92 Å². The molecule has 2 aromatic carbocycles. The van der Waals surface area contributed by atoms with Crippen LogP contribution in [-0.4, -0.2) is 33.7 Å². The minimum atomic E-state index is -0.354. The number of rotatable bonds is 3. The molecule has 1 fully saturated rings. The molecule has 0 aliphatic carbocycles. The Balaban J connectivity index is 1.75. The van der Waals surface area contributed by atoms with Crippen LogP contribution >= 0.6 is 0 Å². The van der Waals surface area contributed by atoms with E-state index in [9.17, 15) is 13.6 Å². The van der Waals surface area contributed by atoms with Crippen molar-refractivity contribution in [3.8, 4) is 16.9 Å². The van der Waals surface area contributed by atoms with Crippen molar-refractivity contribution in [3.63, 3.8) is 0 Å². The lowest BCUT2D eigenvalue weighted by atomic mass is 9.99. The van der Waals surface area contributed by atoms with E-state index in [4.69, 9.17) is 0 Å². The van der Waals surface area contributed by atoms with E-state index in [1.54, 1.807) is 35.0 Å². The normalized spacial score (nSPS) is 15.0. The molecule has 0 spiro atoms. The summed E-state index contributed by atoms with van der Waals surface area (Å²) in [5.41, 5.74) is 2.30. The molecule has 0 unspecified atom stereocenters. The van der Waals surface area contributed by atoms with Gasteiger partial charge in [-0.2, -0.15) is 5.10 Å². The Morgan fingerprint density at radius 1 is 0.964 bits per heavy atom. The molecule has 0 bridgehead atoms. The van der Waals surface area contributed by atoms with Gasteiger partial charge in [0.15, 0.2) is 0 Å². The van der Waals surface area contributed by atoms with E-state index in [-0.39, 0.29) is 17.5 Å². The van der Waals surface area contributed by atoms with Crippen molar-refractivity contribution in [3.05, 3.63) is 71.9 Å². The number of hydrogen-bond donors (Lipinski definition) is 0. The van der Waals surface area contributed by atoms with Crippen molar-refractivity contribution in [2.75, 3.05) is 13.1 Å². The number of halogens is 2. The summed E-state index contributed by atoms with van der Waals surface area (Å²) in [7, 11) is 0. The minimum Gasteiger partial charge on any atom is -0.337 e. The topological polar surface area (TPSA) is 38.1 Å². The summed E-state index contributed by atoms with van der Waals surface area (Å²) in [6, 6.07) is 13.6. The van der Waals surface area contributed by atoms with Crippen LogP contribution in [0.4, 0.5) is 8.78 Å². The quantitative estimate of drug-likeness (QED) is 0.660. The van der Waals surface area contributed by atoms with Crippen molar-refractivity contribution in [2.45, 2.75) is 19.8 Å². The number of nitrogens with zero attached hydrogens (tertiary/aromatic N) is 3. The molecule has 0 saturated carbocycles. The summed E-state index contributed by atoms with van der Waals surface area (Å²) in [6.45, 7) is 3.61. The zero-order valence-corrected chi connectivity index (χ0v) is 15.6. The Morgan fingerprint density at radius 3 is 2.14 bits per heavy atom. The first kappa shape index (κ1) is 18.3. The molecule has 6 heteroatoms. The summed E-state index contributed by atoms with van der Waals surface area (Å²) >= 11 is 0. The largest absolute Gasteiger partial charge is 0.337 e. The van der Waals surface area contributed by atoms with Crippen LogP contribution in [0.2, 0.25) is 0 Å². The third-order valence-electron chi connectivity index (χ3n) is 5.21. The number of likely N-dealkylation sites (tertiary alicyclic amines) is 1. The number of amides is 1. The molecule has 28 heavy (non-hydrogen) atoms. The summed E-state index contributed by atoms with van der Waals surface area (Å²) < 4.78 is 28.2. The number of piperidine rings is 1. The van der Waals surface area contributed by atoms with Gasteiger partial charge in [0.25, 0.3) is 5.91 Å². The number of hydrogen-bond acceptors (Lipinski definition) is 2. The van der Waals surface area contributed by atoms with Crippen LogP contribution in [0.25, 0.3) is 16.9 Å². The van der Waals surface area contributed by atoms with Gasteiger partial charge in [0.2, 0.25) is 0 Å². The fraction of sp³-hybridized carbons (Fsp3) is 0.273. The van der Waals surface area contributed by atoms with Crippen LogP contribution in [0.3, 0.4) is 0 Å². The van der Waals surface area contributed by atoms with Crippen molar-refractivity contribution in [1.29, 1.82) is 0 Å². The summed E-state index contributed by atoms with van der Waals surface area (Å²) in [4.78, 5) is 15.0. The molecule has 0 radical (unpaired) electrons. The van der Waals surface area contributed by atoms with Crippen molar-refractivity contribution < 1.29 is 13.6 Å². The van der Waals surface area contributed by atoms with Crippen LogP contribution < -0.4 is 0 Å². The van der Waals surface area contributed by atoms with Gasteiger partial charge in [-0.05, 0) is 73.4 Å². The zero-order chi connectivity index (χ0) is 19.7. The maximum atomic E-state index is 13.4. The Morgan fingerprint density at radius 2 is 1.54 bits per heavy atom. The second-order valence-corrected chi connectivity index (χ2v) is 7.28. The molecule has 0 N–H and O–H groups in total. The zero-order valence-electron chi connectivity index (χ0n) is 15.6. The Bertz CT molecular complexity index is 972. The Kier molecular flexibility index (Phi) is 4.94. The molecule has 1 amide bonds. The highest BCUT2D eigenvalue weighted by Crippen LogP contribution is 2.25. The summed E-state index contributed by atoms with van der Waals surface area (Å²) in [5, 5.41) is 4.57. The molecule has 4 rings (SSSR count). The molecular weight excluding hydrogens is 360 g/mol. The lowest BCUT2D eigenvalue weighted by molar-refractivity contribution is 0.0688. The molecular formula is C22H21F2N3O. The van der Waals surface area contributed by atoms with E-state index in [2.05, 4.69) is 12.0 Å². The molecule has 2 heterocycles. The van der Waals surface area contributed by atoms with E-state index in [0.717, 1.165) is 12.8 Å². The highest BCUT2D eigenvalue weighted by molar-refractivity contribution is 5.94. The summed E-state index contributed by atoms with van der Waals surface area (Å²) in [6.07, 6.45) is 1.95. The summed E-state index contributed by atoms with van der Waals surface area (Å²) in [5.74, 6) is -0.175. The third kappa shape index (κ3) is 3.67. The number of benzene rings is 2. The second kappa shape index (κ2) is 7.54. The smallest absolute Gasteiger partial charge is 0.272 e. The molecule has 4 nitrogen and oxygen atoms in total. The molecule has 1 aliphatic heterocycles. The molecule has 0 atom stereocenters. The van der Waals surface area contributed by atoms with Gasteiger partial charge in [0.05, 0.1) is 11.4 Å². The predicted octanol–water partition coefficient (Wildman–Crippen LogP) is 4.69. The van der Waals surface area contributed by atoms with Gasteiger partial charge < -0.3 is 4.90 Å². The average Bonchev–Trinajstić information content (AvgIpc) is 3.14. The monoisotopic (exact) mass is 381 g/mol. The Labute approximate surface area is 162 Å². The first-order chi connectivity index (χ1) is 13.5. The number of aromatic nitrogens is 2. The van der Waals surface area contributed by atoms with E-state index >= 15 is 0 Å². The highest BCUT2D eigenvalue weighted by atomic mass is 19.1. The predicted molar refractivity (Wildman–Crippen MR) is 103 cm³/mol. The fourth-order valence-corrected chi connectivity index (χ4v) is 3.45. The first-order valence-electron chi connectivity index (χ1n) is 9.42. The Hall–Kier alpha value is -3.02. The van der Waals surface area contributed by atoms with Gasteiger partial charge in [-0.1, -0.05) is 6.92 Å². The first-order valence-corrected chi connectivity index (χ1v) is 9.42. The maximum absolute atomic E-state index is 13.4. The van der Waals surface area contributed by atoms with Crippen LogP contribution in [0.1, 0.15) is 30.3 Å². The highest BCUT2D eigenvalue weighted by Gasteiger charge is 2.25. The van der Waals surface area contributed by atoms with Crippen LogP contribution in [0, 0.1) is 17.6 Å². The van der Waals surface area contributed by atoms with Crippen LogP contribution in [-0.2, 0) is 0 Å². The van der Waals surface area contributed by atoms with Gasteiger partial charge in [0.1, 0.15) is 17.3 Å². The SMILES string of the molecule is CC1CCN(C(=O)c2cc(-c3ccc(F)cc3)nn2-c2ccc(F)cc2)CC1. The van der Waals surface area contributed by atoms with Crippen molar-refractivity contribution >= 4 is 5.91 Å². The van der Waals surface area contributed by atoms with Gasteiger partial charge in [-0.15, -0.1) is 0 Å². The van der Waals surface area contributed by atoms with Gasteiger partial charge >= 0.3 is 0 Å². The third-order valence-corrected chi connectivity index (χ3v) is 5.21. The van der Waals surface area contributed by atoms with E-state index in [1.807, 2.05) is 4.90 Å². The molecule has 1 aliphatic rings. The second-order valence-electron chi connectivity index (χ2n) is 7.28. The van der Waals surface area contributed by atoms with Crippen LogP contribution in [0.5, 0.6) is 0 Å². The fourth-order valence-electron chi connectivity index (χ4n) is 3.45. The van der Waals surface area contributed by atoms with Crippen LogP contribution in [0.15, 0.2) is 54.6 Å². The molecule has 1 saturated heterocycles. The molecule has 1 aromatic heterocycles. The molecule has 144 valence electrons. The standard InChI is InChI=1S/C22H21F2N3O/c1-15-10-12-26(13-11-15)22(28)21-14-20(16-2-4-17(23)5-3-16)25-27(21)19-8-6-18(24)7-9-19/h2-9,14-15H,10-13H2,1H3. The van der Waals surface area contributed by atoms with E-state index < -0.39 is 0 Å². The maximum Gasteiger partial charge on any atom is 0.272 e. The average molecular weight is 381 g/mol. The lowest BCUT2D eigenvalue weighted by Gasteiger charge is -2.30.